The number of tetrazole rings is 1. The van der Waals surface area contributed by atoms with Crippen molar-refractivity contribution >= 4 is 0 Å². The fraction of sp³-hybridized carbons (Fsp3) is 0.650. The molecule has 0 saturated carbocycles. The van der Waals surface area contributed by atoms with Gasteiger partial charge in [-0.3, -0.25) is 0 Å². The average Bonchev–Trinajstić information content (AvgIpc) is 3.38. The number of piperazine rings is 1. The molecular weight excluding hydrogens is 340 g/mol. The molecule has 0 spiro atoms. The van der Waals surface area contributed by atoms with Crippen molar-refractivity contribution in [1.29, 1.82) is 0 Å². The zero-order valence-electron chi connectivity index (χ0n) is 16.3. The summed E-state index contributed by atoms with van der Waals surface area (Å²) in [5.41, 5.74) is 1.43. The Morgan fingerprint density at radius 3 is 2.70 bits per heavy atom. The van der Waals surface area contributed by atoms with Gasteiger partial charge in [0.1, 0.15) is 38.8 Å². The molecule has 0 amide bonds. The summed E-state index contributed by atoms with van der Waals surface area (Å²) >= 11 is 0. The van der Waals surface area contributed by atoms with Gasteiger partial charge in [0.15, 0.2) is 0 Å². The lowest BCUT2D eigenvalue weighted by Crippen LogP contribution is -3.27. The largest absolute Gasteiger partial charge is 0.376 e. The van der Waals surface area contributed by atoms with Crippen molar-refractivity contribution < 1.29 is 14.5 Å². The molecule has 3 heterocycles. The first-order valence-corrected chi connectivity index (χ1v) is 10.4. The standard InChI is InChI=1S/C20H30N6O/c1-2-19(20-21-22-23-26(20)16-18-9-6-14-27-18)25-12-10-24(11-13-25)15-17-7-4-3-5-8-17/h3-5,7-8,18-19H,2,6,9-16H2,1H3/p+2/t18-,19+/m0/s1. The maximum atomic E-state index is 5.78. The maximum Gasteiger partial charge on any atom is 0.209 e. The highest BCUT2D eigenvalue weighted by atomic mass is 16.5. The number of nitrogens with zero attached hydrogens (tertiary/aromatic N) is 4. The van der Waals surface area contributed by atoms with Gasteiger partial charge in [0.25, 0.3) is 0 Å². The van der Waals surface area contributed by atoms with E-state index in [1.165, 1.54) is 31.7 Å². The minimum atomic E-state index is 0.270. The number of aromatic nitrogens is 4. The van der Waals surface area contributed by atoms with Crippen LogP contribution in [0.2, 0.25) is 0 Å². The highest BCUT2D eigenvalue weighted by Gasteiger charge is 2.33. The molecule has 2 aromatic rings. The van der Waals surface area contributed by atoms with Gasteiger partial charge in [-0.25, -0.2) is 4.68 Å². The Hall–Kier alpha value is -1.83. The zero-order valence-corrected chi connectivity index (χ0v) is 16.3. The van der Waals surface area contributed by atoms with E-state index in [0.29, 0.717) is 6.04 Å². The maximum absolute atomic E-state index is 5.78. The van der Waals surface area contributed by atoms with E-state index in [9.17, 15) is 0 Å². The lowest BCUT2D eigenvalue weighted by atomic mass is 10.1. The van der Waals surface area contributed by atoms with Crippen molar-refractivity contribution in [2.45, 2.75) is 51.4 Å². The van der Waals surface area contributed by atoms with Gasteiger partial charge < -0.3 is 14.5 Å². The van der Waals surface area contributed by atoms with E-state index in [4.69, 9.17) is 4.74 Å². The monoisotopic (exact) mass is 372 g/mol. The molecule has 7 heteroatoms. The summed E-state index contributed by atoms with van der Waals surface area (Å²) in [4.78, 5) is 3.30. The van der Waals surface area contributed by atoms with Crippen molar-refractivity contribution in [3.8, 4) is 0 Å². The van der Waals surface area contributed by atoms with Crippen LogP contribution in [0.15, 0.2) is 30.3 Å². The molecule has 1 aromatic heterocycles. The predicted octanol–water partition coefficient (Wildman–Crippen LogP) is -0.713. The Kier molecular flexibility index (Phi) is 6.11. The Morgan fingerprint density at radius 2 is 2.00 bits per heavy atom. The molecule has 2 fully saturated rings. The van der Waals surface area contributed by atoms with Gasteiger partial charge in [-0.15, -0.1) is 5.10 Å². The van der Waals surface area contributed by atoms with Crippen LogP contribution in [0.25, 0.3) is 0 Å². The quantitative estimate of drug-likeness (QED) is 0.674. The number of hydrogen-bond acceptors (Lipinski definition) is 4. The lowest BCUT2D eigenvalue weighted by Gasteiger charge is -2.33. The van der Waals surface area contributed by atoms with Crippen molar-refractivity contribution in [2.24, 2.45) is 0 Å². The summed E-state index contributed by atoms with van der Waals surface area (Å²) in [5, 5.41) is 12.7. The Labute approximate surface area is 161 Å². The third-order valence-electron chi connectivity index (χ3n) is 6.07. The van der Waals surface area contributed by atoms with Crippen molar-refractivity contribution in [3.63, 3.8) is 0 Å². The second-order valence-electron chi connectivity index (χ2n) is 7.89. The first kappa shape index (κ1) is 18.5. The molecule has 4 rings (SSSR count). The molecular formula is C20H32N6O+2. The first-order valence-electron chi connectivity index (χ1n) is 10.4. The summed E-state index contributed by atoms with van der Waals surface area (Å²) < 4.78 is 7.78. The smallest absolute Gasteiger partial charge is 0.209 e. The van der Waals surface area contributed by atoms with Crippen LogP contribution in [-0.4, -0.2) is 59.1 Å². The van der Waals surface area contributed by atoms with Crippen LogP contribution in [0.3, 0.4) is 0 Å². The van der Waals surface area contributed by atoms with Gasteiger partial charge in [-0.05, 0) is 23.3 Å². The normalized spacial score (nSPS) is 26.9. The molecule has 2 N–H and O–H groups in total. The number of ether oxygens (including phenoxy) is 1. The third kappa shape index (κ3) is 4.54. The molecule has 7 nitrogen and oxygen atoms in total. The molecule has 0 radical (unpaired) electrons. The summed E-state index contributed by atoms with van der Waals surface area (Å²) in [6.45, 7) is 9.80. The molecule has 0 bridgehead atoms. The van der Waals surface area contributed by atoms with Crippen molar-refractivity contribution in [1.82, 2.24) is 20.2 Å². The number of rotatable bonds is 7. The topological polar surface area (TPSA) is 61.7 Å². The van der Waals surface area contributed by atoms with Gasteiger partial charge >= 0.3 is 0 Å². The summed E-state index contributed by atoms with van der Waals surface area (Å²) in [6, 6.07) is 11.2. The van der Waals surface area contributed by atoms with Gasteiger partial charge in [-0.2, -0.15) is 0 Å². The molecule has 146 valence electrons. The summed E-state index contributed by atoms with van der Waals surface area (Å²) in [7, 11) is 0. The highest BCUT2D eigenvalue weighted by molar-refractivity contribution is 5.13. The summed E-state index contributed by atoms with van der Waals surface area (Å²) in [5.74, 6) is 1.04. The van der Waals surface area contributed by atoms with E-state index < -0.39 is 0 Å². The number of nitrogens with one attached hydrogen (secondary N) is 2. The Bertz CT molecular complexity index is 692. The minimum absolute atomic E-state index is 0.270. The second-order valence-corrected chi connectivity index (χ2v) is 7.89. The van der Waals surface area contributed by atoms with Crippen molar-refractivity contribution in [2.75, 3.05) is 32.8 Å². The number of quaternary nitrogens is 2. The molecule has 27 heavy (non-hydrogen) atoms. The van der Waals surface area contributed by atoms with E-state index in [0.717, 1.165) is 44.8 Å². The SMILES string of the molecule is CC[C@H](c1nnnn1C[C@@H]1CCCO1)[NH+]1CC[NH+](Cc2ccccc2)CC1. The number of benzene rings is 1. The molecule has 0 aliphatic carbocycles. The van der Waals surface area contributed by atoms with Gasteiger partial charge in [-0.1, -0.05) is 37.3 Å². The van der Waals surface area contributed by atoms with Crippen LogP contribution >= 0.6 is 0 Å². The van der Waals surface area contributed by atoms with Crippen LogP contribution in [-0.2, 0) is 17.8 Å². The second kappa shape index (κ2) is 8.91. The van der Waals surface area contributed by atoms with E-state index in [-0.39, 0.29) is 6.10 Å². The van der Waals surface area contributed by atoms with E-state index in [1.807, 2.05) is 4.68 Å². The van der Waals surface area contributed by atoms with Crippen LogP contribution in [0.1, 0.15) is 43.6 Å². The molecule has 2 aliphatic heterocycles. The van der Waals surface area contributed by atoms with E-state index in [1.54, 1.807) is 9.80 Å². The molecule has 1 aromatic carbocycles. The predicted molar refractivity (Wildman–Crippen MR) is 101 cm³/mol. The molecule has 0 unspecified atom stereocenters. The van der Waals surface area contributed by atoms with Crippen LogP contribution in [0.4, 0.5) is 0 Å². The Morgan fingerprint density at radius 1 is 1.19 bits per heavy atom. The van der Waals surface area contributed by atoms with Crippen LogP contribution in [0, 0.1) is 0 Å². The fourth-order valence-corrected chi connectivity index (χ4v) is 4.56. The molecule has 2 saturated heterocycles. The van der Waals surface area contributed by atoms with E-state index >= 15 is 0 Å². The van der Waals surface area contributed by atoms with Gasteiger partial charge in [0.05, 0.1) is 12.6 Å². The lowest BCUT2D eigenvalue weighted by molar-refractivity contribution is -1.03. The molecule has 2 aliphatic rings. The fourth-order valence-electron chi connectivity index (χ4n) is 4.56. The first-order chi connectivity index (χ1) is 13.3. The average molecular weight is 373 g/mol. The van der Waals surface area contributed by atoms with Crippen LogP contribution < -0.4 is 9.80 Å². The van der Waals surface area contributed by atoms with Gasteiger partial charge in [0, 0.05) is 18.6 Å². The van der Waals surface area contributed by atoms with Gasteiger partial charge in [0.2, 0.25) is 5.82 Å². The third-order valence-corrected chi connectivity index (χ3v) is 6.07. The highest BCUT2D eigenvalue weighted by Crippen LogP contribution is 2.16. The molecule has 2 atom stereocenters. The van der Waals surface area contributed by atoms with Crippen molar-refractivity contribution in [3.05, 3.63) is 41.7 Å². The van der Waals surface area contributed by atoms with E-state index in [2.05, 4.69) is 52.8 Å². The zero-order chi connectivity index (χ0) is 18.5. The minimum Gasteiger partial charge on any atom is -0.376 e. The Balaban J connectivity index is 1.36. The van der Waals surface area contributed by atoms with Crippen LogP contribution in [0.5, 0.6) is 0 Å². The number of hydrogen-bond donors (Lipinski definition) is 2. The summed E-state index contributed by atoms with van der Waals surface area (Å²) in [6.07, 6.45) is 3.60.